The third kappa shape index (κ3) is 1.84. The molecule has 0 aromatic carbocycles. The Morgan fingerprint density at radius 3 is 2.92 bits per heavy atom. The average Bonchev–Trinajstić information content (AvgIpc) is 2.19. The fraction of sp³-hybridized carbons (Fsp3) is 0.333. The third-order valence-corrected chi connectivity index (χ3v) is 1.96. The standard InChI is InChI=1S/C9H10N2O2/c12-9-6-13-5-8(11-9)7-1-3-10-4-2-7/h1-4,8H,5-6H2,(H,11,12). The van der Waals surface area contributed by atoms with Crippen LogP contribution in [0.5, 0.6) is 0 Å². The van der Waals surface area contributed by atoms with Gasteiger partial charge in [-0.1, -0.05) is 0 Å². The Bertz CT molecular complexity index is 300. The lowest BCUT2D eigenvalue weighted by Crippen LogP contribution is -2.39. The molecule has 0 aliphatic carbocycles. The van der Waals surface area contributed by atoms with Gasteiger partial charge in [0.25, 0.3) is 0 Å². The molecule has 1 amide bonds. The zero-order valence-corrected chi connectivity index (χ0v) is 7.06. The van der Waals surface area contributed by atoms with Gasteiger partial charge in [0.15, 0.2) is 0 Å². The maximum atomic E-state index is 11.0. The highest BCUT2D eigenvalue weighted by atomic mass is 16.5. The van der Waals surface area contributed by atoms with Crippen LogP contribution in [0, 0.1) is 0 Å². The molecular formula is C9H10N2O2. The summed E-state index contributed by atoms with van der Waals surface area (Å²) in [6.45, 7) is 0.706. The van der Waals surface area contributed by atoms with Crippen molar-refractivity contribution >= 4 is 5.91 Å². The molecule has 4 heteroatoms. The monoisotopic (exact) mass is 178 g/mol. The first-order valence-electron chi connectivity index (χ1n) is 4.13. The Kier molecular flexibility index (Phi) is 2.23. The SMILES string of the molecule is O=C1COCC(c2ccncc2)N1. The van der Waals surface area contributed by atoms with E-state index in [2.05, 4.69) is 10.3 Å². The molecule has 0 radical (unpaired) electrons. The molecule has 1 atom stereocenters. The number of amides is 1. The van der Waals surface area contributed by atoms with Crippen LogP contribution in [-0.4, -0.2) is 24.1 Å². The fourth-order valence-corrected chi connectivity index (χ4v) is 1.32. The molecular weight excluding hydrogens is 168 g/mol. The van der Waals surface area contributed by atoms with Crippen molar-refractivity contribution in [3.63, 3.8) is 0 Å². The number of rotatable bonds is 1. The predicted molar refractivity (Wildman–Crippen MR) is 45.9 cm³/mol. The molecule has 1 aromatic heterocycles. The molecule has 1 aliphatic rings. The van der Waals surface area contributed by atoms with E-state index in [1.54, 1.807) is 12.4 Å². The van der Waals surface area contributed by atoms with Crippen molar-refractivity contribution in [3.05, 3.63) is 30.1 Å². The van der Waals surface area contributed by atoms with Crippen molar-refractivity contribution < 1.29 is 9.53 Å². The number of ether oxygens (including phenoxy) is 1. The van der Waals surface area contributed by atoms with Crippen molar-refractivity contribution in [3.8, 4) is 0 Å². The van der Waals surface area contributed by atoms with Crippen LogP contribution in [0.25, 0.3) is 0 Å². The van der Waals surface area contributed by atoms with Gasteiger partial charge in [0.2, 0.25) is 5.91 Å². The fourth-order valence-electron chi connectivity index (χ4n) is 1.32. The number of carbonyl (C=O) groups is 1. The summed E-state index contributed by atoms with van der Waals surface area (Å²) in [6.07, 6.45) is 3.41. The second kappa shape index (κ2) is 3.53. The van der Waals surface area contributed by atoms with E-state index < -0.39 is 0 Å². The zero-order chi connectivity index (χ0) is 9.10. The van der Waals surface area contributed by atoms with Crippen LogP contribution < -0.4 is 5.32 Å². The van der Waals surface area contributed by atoms with Crippen molar-refractivity contribution in [2.75, 3.05) is 13.2 Å². The van der Waals surface area contributed by atoms with Gasteiger partial charge < -0.3 is 10.1 Å². The van der Waals surface area contributed by atoms with Crippen molar-refractivity contribution in [2.45, 2.75) is 6.04 Å². The van der Waals surface area contributed by atoms with Gasteiger partial charge in [0.1, 0.15) is 6.61 Å². The topological polar surface area (TPSA) is 51.2 Å². The third-order valence-electron chi connectivity index (χ3n) is 1.96. The highest BCUT2D eigenvalue weighted by Gasteiger charge is 2.19. The Morgan fingerprint density at radius 2 is 2.23 bits per heavy atom. The lowest BCUT2D eigenvalue weighted by Gasteiger charge is -2.23. The van der Waals surface area contributed by atoms with Crippen molar-refractivity contribution in [1.29, 1.82) is 0 Å². The molecule has 0 bridgehead atoms. The molecule has 1 aromatic rings. The number of nitrogens with one attached hydrogen (secondary N) is 1. The number of pyridine rings is 1. The number of morpholine rings is 1. The number of nitrogens with zero attached hydrogens (tertiary/aromatic N) is 1. The summed E-state index contributed by atoms with van der Waals surface area (Å²) in [7, 11) is 0. The Labute approximate surface area is 75.9 Å². The molecule has 2 heterocycles. The zero-order valence-electron chi connectivity index (χ0n) is 7.06. The van der Waals surface area contributed by atoms with E-state index in [0.29, 0.717) is 6.61 Å². The molecule has 1 aliphatic heterocycles. The molecule has 2 rings (SSSR count). The Balaban J connectivity index is 2.13. The average molecular weight is 178 g/mol. The largest absolute Gasteiger partial charge is 0.369 e. The van der Waals surface area contributed by atoms with Crippen LogP contribution in [0.1, 0.15) is 11.6 Å². The highest BCUT2D eigenvalue weighted by Crippen LogP contribution is 2.14. The quantitative estimate of drug-likeness (QED) is 0.671. The van der Waals surface area contributed by atoms with Gasteiger partial charge >= 0.3 is 0 Å². The minimum atomic E-state index is -0.0620. The molecule has 0 saturated carbocycles. The normalized spacial score (nSPS) is 22.5. The van der Waals surface area contributed by atoms with E-state index in [4.69, 9.17) is 4.74 Å². The van der Waals surface area contributed by atoms with E-state index in [0.717, 1.165) is 5.56 Å². The Hall–Kier alpha value is -1.42. The van der Waals surface area contributed by atoms with E-state index in [1.165, 1.54) is 0 Å². The molecule has 1 fully saturated rings. The maximum absolute atomic E-state index is 11.0. The number of hydrogen-bond donors (Lipinski definition) is 1. The van der Waals surface area contributed by atoms with Crippen LogP contribution in [-0.2, 0) is 9.53 Å². The van der Waals surface area contributed by atoms with Crippen molar-refractivity contribution in [1.82, 2.24) is 10.3 Å². The minimum Gasteiger partial charge on any atom is -0.369 e. The summed E-state index contributed by atoms with van der Waals surface area (Å²) in [5.74, 6) is -0.0620. The van der Waals surface area contributed by atoms with Gasteiger partial charge in [-0.3, -0.25) is 9.78 Å². The van der Waals surface area contributed by atoms with Gasteiger partial charge in [-0.2, -0.15) is 0 Å². The lowest BCUT2D eigenvalue weighted by molar-refractivity contribution is -0.131. The van der Waals surface area contributed by atoms with Crippen LogP contribution in [0.4, 0.5) is 0 Å². The highest BCUT2D eigenvalue weighted by molar-refractivity contribution is 5.78. The summed E-state index contributed by atoms with van der Waals surface area (Å²) in [5.41, 5.74) is 1.03. The van der Waals surface area contributed by atoms with E-state index in [-0.39, 0.29) is 18.6 Å². The number of hydrogen-bond acceptors (Lipinski definition) is 3. The van der Waals surface area contributed by atoms with Crippen LogP contribution >= 0.6 is 0 Å². The summed E-state index contributed by atoms with van der Waals surface area (Å²) < 4.78 is 5.12. The van der Waals surface area contributed by atoms with Crippen LogP contribution in [0.15, 0.2) is 24.5 Å². The summed E-state index contributed by atoms with van der Waals surface area (Å²) in [4.78, 5) is 14.9. The molecule has 4 nitrogen and oxygen atoms in total. The lowest BCUT2D eigenvalue weighted by atomic mass is 10.1. The minimum absolute atomic E-state index is 0.0238. The van der Waals surface area contributed by atoms with Gasteiger partial charge in [-0.25, -0.2) is 0 Å². The first-order valence-corrected chi connectivity index (χ1v) is 4.13. The van der Waals surface area contributed by atoms with Crippen LogP contribution in [0.3, 0.4) is 0 Å². The van der Waals surface area contributed by atoms with Crippen LogP contribution in [0.2, 0.25) is 0 Å². The number of carbonyl (C=O) groups excluding carboxylic acids is 1. The maximum Gasteiger partial charge on any atom is 0.246 e. The molecule has 1 saturated heterocycles. The van der Waals surface area contributed by atoms with E-state index >= 15 is 0 Å². The van der Waals surface area contributed by atoms with E-state index in [9.17, 15) is 4.79 Å². The second-order valence-electron chi connectivity index (χ2n) is 2.92. The molecule has 1 N–H and O–H groups in total. The van der Waals surface area contributed by atoms with E-state index in [1.807, 2.05) is 12.1 Å². The van der Waals surface area contributed by atoms with Crippen molar-refractivity contribution in [2.24, 2.45) is 0 Å². The molecule has 13 heavy (non-hydrogen) atoms. The molecule has 1 unspecified atom stereocenters. The first-order chi connectivity index (χ1) is 6.36. The summed E-state index contributed by atoms with van der Waals surface area (Å²) >= 11 is 0. The molecule has 68 valence electrons. The predicted octanol–water partition coefficient (Wildman–Crippen LogP) is 0.269. The van der Waals surface area contributed by atoms with Gasteiger partial charge in [0.05, 0.1) is 12.6 Å². The second-order valence-corrected chi connectivity index (χ2v) is 2.92. The smallest absolute Gasteiger partial charge is 0.246 e. The van der Waals surface area contributed by atoms with Gasteiger partial charge in [0, 0.05) is 12.4 Å². The number of aromatic nitrogens is 1. The van der Waals surface area contributed by atoms with Gasteiger partial charge in [-0.15, -0.1) is 0 Å². The summed E-state index contributed by atoms with van der Waals surface area (Å²) in [6, 6.07) is 3.73. The van der Waals surface area contributed by atoms with Gasteiger partial charge in [-0.05, 0) is 17.7 Å². The Morgan fingerprint density at radius 1 is 1.46 bits per heavy atom. The first kappa shape index (κ1) is 8.19. The molecule has 0 spiro atoms. The summed E-state index contributed by atoms with van der Waals surface area (Å²) in [5, 5.41) is 2.84.